The third-order valence-corrected chi connectivity index (χ3v) is 12.1. The van der Waals surface area contributed by atoms with Crippen LogP contribution in [-0.2, 0) is 16.2 Å². The van der Waals surface area contributed by atoms with Crippen LogP contribution >= 0.6 is 23.2 Å². The van der Waals surface area contributed by atoms with Crippen LogP contribution in [0.1, 0.15) is 112 Å². The van der Waals surface area contributed by atoms with Crippen LogP contribution in [0.2, 0.25) is 0 Å². The minimum absolute atomic E-state index is 0. The predicted octanol–water partition coefficient (Wildman–Crippen LogP) is 2.24. The molecule has 25 nitrogen and oxygen atoms in total. The van der Waals surface area contributed by atoms with Gasteiger partial charge in [-0.15, -0.1) is 23.2 Å². The van der Waals surface area contributed by atoms with E-state index < -0.39 is 5.97 Å². The van der Waals surface area contributed by atoms with Gasteiger partial charge in [0, 0.05) is 64.7 Å². The number of nitrogens with zero attached hydrogens (tertiary/aromatic N) is 10. The van der Waals surface area contributed by atoms with Gasteiger partial charge in [0.2, 0.25) is 0 Å². The Bertz CT molecular complexity index is 3830. The van der Waals surface area contributed by atoms with Gasteiger partial charge >= 0.3 is 109 Å². The van der Waals surface area contributed by atoms with Crippen molar-refractivity contribution in [3.8, 4) is 33.8 Å². The second-order valence-corrected chi connectivity index (χ2v) is 23.0. The number of aryl methyl sites for hydroxylation is 3. The zero-order chi connectivity index (χ0) is 62.4. The topological polar surface area (TPSA) is 359 Å². The molecule has 0 aliphatic carbocycles. The van der Waals surface area contributed by atoms with Crippen molar-refractivity contribution in [2.45, 2.75) is 106 Å². The summed E-state index contributed by atoms with van der Waals surface area (Å²) in [6.07, 6.45) is 0. The number of aromatic nitrogens is 12. The van der Waals surface area contributed by atoms with Gasteiger partial charge in [0.05, 0.1) is 57.3 Å². The second-order valence-electron chi connectivity index (χ2n) is 22.3. The predicted molar refractivity (Wildman–Crippen MR) is 330 cm³/mol. The summed E-state index contributed by atoms with van der Waals surface area (Å²) in [5.41, 5.74) is 16.8. The molecule has 0 saturated heterocycles. The number of nitrogens with two attached hydrogens (primary N) is 1. The molecule has 1 aliphatic rings. The van der Waals surface area contributed by atoms with Gasteiger partial charge in [0.15, 0.2) is 0 Å². The van der Waals surface area contributed by atoms with Crippen LogP contribution in [0.15, 0.2) is 72.8 Å². The third-order valence-electron chi connectivity index (χ3n) is 11.7. The number of para-hydroxylation sites is 3. The SMILES string of the molecule is Cc1nc2cccc(-c3cc(C(=O)NCCCl)[nH]n3)c2nc1NC(C)(C)C.Cc1nc2cccc(-c3cc(C(=O)O)[nH]n3)c2nc1NC(C)(C)C.Cc1nc2cccc(-c3cc4n(n3)CCNC4=O)c2nc1NC(C)(C)C.NCCCl.O=CO[O-].[H-].[K+].[K+]. The Morgan fingerprint density at radius 2 is 1.07 bits per heavy atom. The zero-order valence-electron chi connectivity index (χ0n) is 52.5. The Labute approximate surface area is 600 Å². The van der Waals surface area contributed by atoms with Crippen molar-refractivity contribution in [1.82, 2.24) is 70.7 Å². The molecule has 6 aromatic heterocycles. The molecule has 0 bridgehead atoms. The van der Waals surface area contributed by atoms with Crippen molar-refractivity contribution in [2.75, 3.05) is 47.3 Å². The van der Waals surface area contributed by atoms with Crippen molar-refractivity contribution < 1.29 is 139 Å². The number of hydrogen-bond acceptors (Lipinski definition) is 19. The van der Waals surface area contributed by atoms with Gasteiger partial charge in [-0.1, -0.05) is 36.4 Å². The molecule has 10 rings (SSSR count). The first-order chi connectivity index (χ1) is 40.2. The summed E-state index contributed by atoms with van der Waals surface area (Å²) < 4.78 is 1.75. The minimum atomic E-state index is -1.05. The van der Waals surface area contributed by atoms with Crippen molar-refractivity contribution in [3.05, 3.63) is 107 Å². The van der Waals surface area contributed by atoms with E-state index in [9.17, 15) is 14.4 Å². The number of amides is 2. The molecule has 0 unspecified atom stereocenters. The van der Waals surface area contributed by atoms with Gasteiger partial charge < -0.3 is 49.0 Å². The van der Waals surface area contributed by atoms with Gasteiger partial charge in [-0.05, 0) is 119 Å². The number of alkyl halides is 2. The monoisotopic (exact) mass is 1280 g/mol. The van der Waals surface area contributed by atoms with Crippen molar-refractivity contribution in [1.29, 1.82) is 0 Å². The number of rotatable bonds is 12. The molecule has 0 atom stereocenters. The number of benzene rings is 3. The van der Waals surface area contributed by atoms with E-state index in [1.54, 1.807) is 10.7 Å². The van der Waals surface area contributed by atoms with E-state index in [0.29, 0.717) is 72.0 Å². The number of carboxylic acid groups (broad SMARTS) is 1. The minimum Gasteiger partial charge on any atom is -1.00 e. The molecule has 29 heteroatoms. The van der Waals surface area contributed by atoms with Crippen LogP contribution < -0.4 is 140 Å². The fourth-order valence-corrected chi connectivity index (χ4v) is 8.30. The number of fused-ring (bicyclic) bond motifs is 4. The maximum Gasteiger partial charge on any atom is 1.00 e. The van der Waals surface area contributed by atoms with E-state index in [2.05, 4.69) is 129 Å². The van der Waals surface area contributed by atoms with Crippen molar-refractivity contribution in [2.24, 2.45) is 5.73 Å². The average Bonchev–Trinajstić information content (AvgIpc) is 1.74. The number of aromatic amines is 2. The molecule has 0 radical (unpaired) electrons. The molecule has 1 aliphatic heterocycles. The number of anilines is 3. The first kappa shape index (κ1) is 73.8. The molecule has 0 spiro atoms. The van der Waals surface area contributed by atoms with E-state index in [4.69, 9.17) is 64.0 Å². The second kappa shape index (κ2) is 33.3. The Kier molecular flexibility index (Phi) is 28.2. The van der Waals surface area contributed by atoms with Crippen molar-refractivity contribution >= 4 is 98.0 Å². The first-order valence-corrected chi connectivity index (χ1v) is 27.9. The van der Waals surface area contributed by atoms with Gasteiger partial charge in [-0.25, -0.2) is 34.7 Å². The summed E-state index contributed by atoms with van der Waals surface area (Å²) in [6.45, 7) is 26.5. The van der Waals surface area contributed by atoms with Crippen LogP contribution in [0.5, 0.6) is 0 Å². The molecule has 3 aromatic carbocycles. The van der Waals surface area contributed by atoms with E-state index in [0.717, 1.165) is 78.7 Å². The number of carboxylic acids is 1. The summed E-state index contributed by atoms with van der Waals surface area (Å²) in [4.78, 5) is 74.8. The van der Waals surface area contributed by atoms with Crippen molar-refractivity contribution in [3.63, 3.8) is 0 Å². The largest absolute Gasteiger partial charge is 1.00 e. The molecule has 7 heterocycles. The van der Waals surface area contributed by atoms with Gasteiger partial charge in [0.1, 0.15) is 51.1 Å². The summed E-state index contributed by atoms with van der Waals surface area (Å²) in [7, 11) is 0. The summed E-state index contributed by atoms with van der Waals surface area (Å²) in [5, 5.41) is 51.5. The number of carbonyl (C=O) groups excluding carboxylic acids is 3. The smallest absolute Gasteiger partial charge is 1.00 e. The fourth-order valence-electron chi connectivity index (χ4n) is 8.21. The molecular formula is C58H72Cl2K2N18O7. The molecule has 0 fully saturated rings. The summed E-state index contributed by atoms with van der Waals surface area (Å²) in [5.74, 6) is 1.74. The van der Waals surface area contributed by atoms with E-state index in [1.807, 2.05) is 81.4 Å². The number of carbonyl (C=O) groups is 4. The van der Waals surface area contributed by atoms with Crippen LogP contribution in [0.25, 0.3) is 66.9 Å². The molecule has 0 saturated carbocycles. The molecule has 87 heavy (non-hydrogen) atoms. The zero-order valence-corrected chi connectivity index (χ0v) is 59.2. The maximum absolute atomic E-state index is 12.1. The fraction of sp³-hybridized carbons (Fsp3) is 0.362. The van der Waals surface area contributed by atoms with Gasteiger partial charge in [-0.3, -0.25) is 29.3 Å². The standard InChI is InChI=1S/C19H23ClN6O.C19H22N6O.C17H19N5O2.C2H6ClN.CH2O3.2K.H/c1-11-17(24-19(2,3)4)23-16-12(6-5-7-13(16)22-11)14-10-15(26-25-14)18(27)21-9-8-20;1-11-17(23-19(2,3)4)22-16-12(6-5-7-13(16)21-11)14-10-15-18(26)20-8-9-25(15)24-14;1-9-15(20-17(2,3)4)19-14-10(6-5-7-11(14)18-9)12-8-13(16(23)24)22-21-12;3-1-2-4;2-1-4-3;;;/h5-7,10H,8-9H2,1-4H3,(H,21,27)(H,23,24)(H,25,26);5-7,10H,8-9H2,1-4H3,(H,20,26)(H,22,23);5-8H,1-4H3,(H,19,20)(H,21,22)(H,23,24);1-2,4H2;1,3H;;;/q;;;;;2*+1;-1/p-1. The Balaban J connectivity index is 0.000000320. The number of aromatic carboxylic acids is 1. The van der Waals surface area contributed by atoms with Gasteiger partial charge in [0.25, 0.3) is 18.3 Å². The van der Waals surface area contributed by atoms with E-state index in [1.165, 1.54) is 6.07 Å². The quantitative estimate of drug-likeness (QED) is 0.0278. The Morgan fingerprint density at radius 3 is 1.41 bits per heavy atom. The molecule has 9 aromatic rings. The van der Waals surface area contributed by atoms with Crippen LogP contribution in [-0.4, -0.2) is 137 Å². The number of halogens is 2. The number of nitrogens with one attached hydrogen (secondary N) is 7. The average molecular weight is 1280 g/mol. The normalized spacial score (nSPS) is 11.7. The summed E-state index contributed by atoms with van der Waals surface area (Å²) >= 11 is 10.7. The van der Waals surface area contributed by atoms with Crippen LogP contribution in [0.4, 0.5) is 17.5 Å². The molecule has 452 valence electrons. The van der Waals surface area contributed by atoms with E-state index >= 15 is 0 Å². The van der Waals surface area contributed by atoms with Gasteiger partial charge in [-0.2, -0.15) is 15.3 Å². The van der Waals surface area contributed by atoms with Crippen LogP contribution in [0, 0.1) is 20.8 Å². The number of hydrogen-bond donors (Lipinski definition) is 9. The first-order valence-electron chi connectivity index (χ1n) is 26.9. The summed E-state index contributed by atoms with van der Waals surface area (Å²) in [6, 6.07) is 22.2. The third kappa shape index (κ3) is 21.0. The maximum atomic E-state index is 12.1. The Hall–Kier alpha value is -5.64. The molecular weight excluding hydrogens is 1210 g/mol. The molecule has 10 N–H and O–H groups in total. The van der Waals surface area contributed by atoms with Crippen LogP contribution in [0.3, 0.4) is 0 Å². The molecule has 2 amide bonds. The number of H-pyrrole nitrogens is 2. The van der Waals surface area contributed by atoms with E-state index in [-0.39, 0.29) is 145 Å². The Morgan fingerprint density at radius 1 is 0.678 bits per heavy atom.